The van der Waals surface area contributed by atoms with Crippen LogP contribution in [0, 0.1) is 17.3 Å². The molecule has 0 heterocycles. The molecule has 1 aromatic rings. The molecule has 116 valence electrons. The van der Waals surface area contributed by atoms with Gasteiger partial charge in [0.2, 0.25) is 0 Å². The summed E-state index contributed by atoms with van der Waals surface area (Å²) in [5, 5.41) is 1.19. The molecular weight excluding hydrogens is 303 g/mol. The number of rotatable bonds is 3. The molecule has 0 atom stereocenters. The Hall–Kier alpha value is -0.530. The Kier molecular flexibility index (Phi) is 5.38. The SMILES string of the molecule is CC(C)(C)C1CCC(C(=O)Cc2c(Cl)cccc2Cl)CC1. The number of halogens is 2. The summed E-state index contributed by atoms with van der Waals surface area (Å²) in [5.74, 6) is 1.19. The van der Waals surface area contributed by atoms with Crippen molar-refractivity contribution in [3.8, 4) is 0 Å². The topological polar surface area (TPSA) is 17.1 Å². The van der Waals surface area contributed by atoms with Crippen LogP contribution < -0.4 is 0 Å². The molecule has 0 unspecified atom stereocenters. The van der Waals surface area contributed by atoms with Crippen LogP contribution in [-0.2, 0) is 11.2 Å². The molecule has 21 heavy (non-hydrogen) atoms. The highest BCUT2D eigenvalue weighted by Crippen LogP contribution is 2.40. The van der Waals surface area contributed by atoms with Crippen molar-refractivity contribution in [3.63, 3.8) is 0 Å². The summed E-state index contributed by atoms with van der Waals surface area (Å²) < 4.78 is 0. The third-order valence-electron chi connectivity index (χ3n) is 4.82. The lowest BCUT2D eigenvalue weighted by molar-refractivity contribution is -0.123. The first-order valence-electron chi connectivity index (χ1n) is 7.74. The Labute approximate surface area is 138 Å². The summed E-state index contributed by atoms with van der Waals surface area (Å²) in [4.78, 5) is 12.5. The molecule has 0 N–H and O–H groups in total. The van der Waals surface area contributed by atoms with Crippen molar-refractivity contribution in [2.45, 2.75) is 52.9 Å². The average molecular weight is 327 g/mol. The number of benzene rings is 1. The molecule has 2 rings (SSSR count). The van der Waals surface area contributed by atoms with Crippen LogP contribution in [0.25, 0.3) is 0 Å². The molecule has 3 heteroatoms. The molecule has 0 aliphatic heterocycles. The van der Waals surface area contributed by atoms with Gasteiger partial charge in [-0.3, -0.25) is 4.79 Å². The molecule has 0 spiro atoms. The second-order valence-electron chi connectivity index (χ2n) is 7.26. The molecular formula is C18H24Cl2O. The Morgan fingerprint density at radius 3 is 2.10 bits per heavy atom. The van der Waals surface area contributed by atoms with Gasteiger partial charge in [0.05, 0.1) is 0 Å². The first-order valence-corrected chi connectivity index (χ1v) is 8.50. The van der Waals surface area contributed by atoms with E-state index in [9.17, 15) is 4.79 Å². The van der Waals surface area contributed by atoms with E-state index in [0.717, 1.165) is 37.2 Å². The summed E-state index contributed by atoms with van der Waals surface area (Å²) in [6, 6.07) is 5.41. The third kappa shape index (κ3) is 4.23. The fourth-order valence-electron chi connectivity index (χ4n) is 3.30. The van der Waals surface area contributed by atoms with Crippen LogP contribution in [0.5, 0.6) is 0 Å². The first-order chi connectivity index (χ1) is 9.79. The van der Waals surface area contributed by atoms with Gasteiger partial charge in [-0.15, -0.1) is 0 Å². The zero-order valence-corrected chi connectivity index (χ0v) is 14.6. The van der Waals surface area contributed by atoms with Crippen molar-refractivity contribution in [3.05, 3.63) is 33.8 Å². The van der Waals surface area contributed by atoms with Crippen LogP contribution >= 0.6 is 23.2 Å². The van der Waals surface area contributed by atoms with Crippen LogP contribution in [0.15, 0.2) is 18.2 Å². The van der Waals surface area contributed by atoms with Crippen molar-refractivity contribution < 1.29 is 4.79 Å². The predicted octanol–water partition coefficient (Wildman–Crippen LogP) is 5.96. The maximum absolute atomic E-state index is 12.5. The molecule has 0 radical (unpaired) electrons. The lowest BCUT2D eigenvalue weighted by Crippen LogP contribution is -2.29. The van der Waals surface area contributed by atoms with Gasteiger partial charge >= 0.3 is 0 Å². The first kappa shape index (κ1) is 16.8. The van der Waals surface area contributed by atoms with E-state index in [2.05, 4.69) is 20.8 Å². The van der Waals surface area contributed by atoms with E-state index in [-0.39, 0.29) is 11.7 Å². The molecule has 1 saturated carbocycles. The molecule has 1 nitrogen and oxygen atoms in total. The second kappa shape index (κ2) is 6.71. The largest absolute Gasteiger partial charge is 0.299 e. The zero-order chi connectivity index (χ0) is 15.6. The smallest absolute Gasteiger partial charge is 0.140 e. The maximum atomic E-state index is 12.5. The van der Waals surface area contributed by atoms with Crippen molar-refractivity contribution in [2.75, 3.05) is 0 Å². The molecule has 0 amide bonds. The average Bonchev–Trinajstić information content (AvgIpc) is 2.42. The Bertz CT molecular complexity index is 488. The van der Waals surface area contributed by atoms with Crippen molar-refractivity contribution in [1.29, 1.82) is 0 Å². The van der Waals surface area contributed by atoms with Gasteiger partial charge in [0.25, 0.3) is 0 Å². The van der Waals surface area contributed by atoms with Gasteiger partial charge < -0.3 is 0 Å². The number of ketones is 1. The number of carbonyl (C=O) groups is 1. The van der Waals surface area contributed by atoms with E-state index in [1.54, 1.807) is 12.1 Å². The van der Waals surface area contributed by atoms with Crippen molar-refractivity contribution in [1.82, 2.24) is 0 Å². The van der Waals surface area contributed by atoms with Gasteiger partial charge in [-0.05, 0) is 54.7 Å². The van der Waals surface area contributed by atoms with Gasteiger partial charge in [0, 0.05) is 22.4 Å². The van der Waals surface area contributed by atoms with Gasteiger partial charge in [-0.25, -0.2) is 0 Å². The van der Waals surface area contributed by atoms with Gasteiger partial charge in [-0.1, -0.05) is 50.0 Å². The second-order valence-corrected chi connectivity index (χ2v) is 8.07. The minimum atomic E-state index is 0.177. The Morgan fingerprint density at radius 2 is 1.62 bits per heavy atom. The molecule has 1 aromatic carbocycles. The van der Waals surface area contributed by atoms with Crippen LogP contribution in [-0.4, -0.2) is 5.78 Å². The maximum Gasteiger partial charge on any atom is 0.140 e. The highest BCUT2D eigenvalue weighted by atomic mass is 35.5. The van der Waals surface area contributed by atoms with Crippen LogP contribution in [0.2, 0.25) is 10.0 Å². The lowest BCUT2D eigenvalue weighted by atomic mass is 9.69. The van der Waals surface area contributed by atoms with Crippen LogP contribution in [0.1, 0.15) is 52.0 Å². The summed E-state index contributed by atoms with van der Waals surface area (Å²) in [6.45, 7) is 6.88. The highest BCUT2D eigenvalue weighted by Gasteiger charge is 2.32. The van der Waals surface area contributed by atoms with Crippen molar-refractivity contribution in [2.24, 2.45) is 17.3 Å². The van der Waals surface area contributed by atoms with Gasteiger partial charge in [0.1, 0.15) is 5.78 Å². The molecule has 0 bridgehead atoms. The summed E-state index contributed by atoms with van der Waals surface area (Å²) in [7, 11) is 0. The molecule has 1 aliphatic rings. The number of hydrogen-bond donors (Lipinski definition) is 0. The Morgan fingerprint density at radius 1 is 1.10 bits per heavy atom. The van der Waals surface area contributed by atoms with E-state index >= 15 is 0 Å². The monoisotopic (exact) mass is 326 g/mol. The molecule has 1 aliphatic carbocycles. The minimum Gasteiger partial charge on any atom is -0.299 e. The van der Waals surface area contributed by atoms with E-state index in [4.69, 9.17) is 23.2 Å². The fourth-order valence-corrected chi connectivity index (χ4v) is 3.83. The van der Waals surface area contributed by atoms with Gasteiger partial charge in [-0.2, -0.15) is 0 Å². The quantitative estimate of drug-likeness (QED) is 0.669. The highest BCUT2D eigenvalue weighted by molar-refractivity contribution is 6.36. The summed E-state index contributed by atoms with van der Waals surface area (Å²) >= 11 is 12.3. The number of carbonyl (C=O) groups excluding carboxylic acids is 1. The minimum absolute atomic E-state index is 0.177. The Balaban J connectivity index is 1.97. The molecule has 1 fully saturated rings. The molecule has 0 saturated heterocycles. The standard InChI is InChI=1S/C18H24Cl2O/c1-18(2,3)13-9-7-12(8-10-13)17(21)11-14-15(19)5-4-6-16(14)20/h4-6,12-13H,7-11H2,1-3H3. The van der Waals surface area contributed by atoms with E-state index in [1.165, 1.54) is 0 Å². The summed E-state index contributed by atoms with van der Waals surface area (Å²) in [5.41, 5.74) is 1.13. The van der Waals surface area contributed by atoms with Gasteiger partial charge in [0.15, 0.2) is 0 Å². The lowest BCUT2D eigenvalue weighted by Gasteiger charge is -2.36. The van der Waals surface area contributed by atoms with Crippen LogP contribution in [0.4, 0.5) is 0 Å². The third-order valence-corrected chi connectivity index (χ3v) is 5.53. The van der Waals surface area contributed by atoms with E-state index in [0.29, 0.717) is 21.9 Å². The fraction of sp³-hybridized carbons (Fsp3) is 0.611. The van der Waals surface area contributed by atoms with Crippen LogP contribution in [0.3, 0.4) is 0 Å². The number of hydrogen-bond acceptors (Lipinski definition) is 1. The molecule has 0 aromatic heterocycles. The predicted molar refractivity (Wildman–Crippen MR) is 90.1 cm³/mol. The van der Waals surface area contributed by atoms with Crippen molar-refractivity contribution >= 4 is 29.0 Å². The zero-order valence-electron chi connectivity index (χ0n) is 13.1. The van der Waals surface area contributed by atoms with E-state index < -0.39 is 0 Å². The normalized spacial score (nSPS) is 23.1. The number of Topliss-reactive ketones (excluding diaryl/α,β-unsaturated/α-hetero) is 1. The summed E-state index contributed by atoms with van der Waals surface area (Å²) in [6.07, 6.45) is 4.67. The van der Waals surface area contributed by atoms with E-state index in [1.807, 2.05) is 6.07 Å².